The molecule has 0 radical (unpaired) electrons. The standard InChI is InChI=1S/C16H19BrN2O/c1-3-10-18-12(2)13-8-9-16(19-11-13)20-15-7-5-4-6-14(15)17/h4-9,11-12,18H,3,10H2,1-2H3. The van der Waals surface area contributed by atoms with Crippen molar-refractivity contribution in [1.29, 1.82) is 0 Å². The molecule has 4 heteroatoms. The molecule has 0 saturated carbocycles. The molecule has 0 bridgehead atoms. The highest BCUT2D eigenvalue weighted by molar-refractivity contribution is 9.10. The zero-order valence-electron chi connectivity index (χ0n) is 11.8. The molecule has 0 saturated heterocycles. The summed E-state index contributed by atoms with van der Waals surface area (Å²) in [6.45, 7) is 5.31. The lowest BCUT2D eigenvalue weighted by atomic mass is 10.1. The third kappa shape index (κ3) is 4.05. The summed E-state index contributed by atoms with van der Waals surface area (Å²) < 4.78 is 6.67. The summed E-state index contributed by atoms with van der Waals surface area (Å²) >= 11 is 3.46. The lowest BCUT2D eigenvalue weighted by Gasteiger charge is -2.13. The van der Waals surface area contributed by atoms with Gasteiger partial charge >= 0.3 is 0 Å². The fraction of sp³-hybridized carbons (Fsp3) is 0.312. The first-order valence-electron chi connectivity index (χ1n) is 6.82. The molecule has 0 amide bonds. The number of pyridine rings is 1. The van der Waals surface area contributed by atoms with Crippen molar-refractivity contribution in [2.24, 2.45) is 0 Å². The topological polar surface area (TPSA) is 34.1 Å². The zero-order chi connectivity index (χ0) is 14.4. The maximum Gasteiger partial charge on any atom is 0.219 e. The smallest absolute Gasteiger partial charge is 0.219 e. The van der Waals surface area contributed by atoms with Gasteiger partial charge in [0.25, 0.3) is 0 Å². The fourth-order valence-corrected chi connectivity index (χ4v) is 2.19. The molecule has 0 aliphatic heterocycles. The molecule has 2 rings (SSSR count). The van der Waals surface area contributed by atoms with Crippen molar-refractivity contribution in [2.45, 2.75) is 26.3 Å². The van der Waals surface area contributed by atoms with E-state index in [0.717, 1.165) is 28.8 Å². The Morgan fingerprint density at radius 2 is 2.05 bits per heavy atom. The van der Waals surface area contributed by atoms with Crippen LogP contribution in [0.2, 0.25) is 0 Å². The van der Waals surface area contributed by atoms with Gasteiger partial charge < -0.3 is 10.1 Å². The number of hydrogen-bond acceptors (Lipinski definition) is 3. The maximum atomic E-state index is 5.75. The molecule has 2 aromatic rings. The van der Waals surface area contributed by atoms with Gasteiger partial charge in [-0.15, -0.1) is 0 Å². The van der Waals surface area contributed by atoms with Crippen molar-refractivity contribution in [3.05, 3.63) is 52.6 Å². The molecule has 1 atom stereocenters. The molecule has 106 valence electrons. The van der Waals surface area contributed by atoms with Crippen LogP contribution >= 0.6 is 15.9 Å². The Labute approximate surface area is 128 Å². The monoisotopic (exact) mass is 334 g/mol. The van der Waals surface area contributed by atoms with Gasteiger partial charge in [-0.05, 0) is 53.5 Å². The Bertz CT molecular complexity index is 542. The van der Waals surface area contributed by atoms with Crippen LogP contribution in [0.15, 0.2) is 47.1 Å². The molecule has 1 heterocycles. The summed E-state index contributed by atoms with van der Waals surface area (Å²) in [5.41, 5.74) is 1.16. The maximum absolute atomic E-state index is 5.75. The Kier molecular flexibility index (Phi) is 5.56. The summed E-state index contributed by atoms with van der Waals surface area (Å²) in [6, 6.07) is 12.0. The van der Waals surface area contributed by atoms with Crippen molar-refractivity contribution in [3.63, 3.8) is 0 Å². The molecule has 0 spiro atoms. The Morgan fingerprint density at radius 1 is 1.25 bits per heavy atom. The van der Waals surface area contributed by atoms with E-state index in [-0.39, 0.29) is 0 Å². The van der Waals surface area contributed by atoms with E-state index in [2.05, 4.69) is 40.1 Å². The number of hydrogen-bond donors (Lipinski definition) is 1. The molecule has 0 aliphatic carbocycles. The van der Waals surface area contributed by atoms with Gasteiger partial charge in [-0.3, -0.25) is 0 Å². The third-order valence-electron chi connectivity index (χ3n) is 3.01. The second kappa shape index (κ2) is 7.41. The number of nitrogens with zero attached hydrogens (tertiary/aromatic N) is 1. The van der Waals surface area contributed by atoms with Crippen LogP contribution < -0.4 is 10.1 Å². The van der Waals surface area contributed by atoms with Crippen molar-refractivity contribution in [1.82, 2.24) is 10.3 Å². The van der Waals surface area contributed by atoms with Crippen LogP contribution in [-0.2, 0) is 0 Å². The quantitative estimate of drug-likeness (QED) is 0.831. The zero-order valence-corrected chi connectivity index (χ0v) is 13.4. The van der Waals surface area contributed by atoms with Crippen LogP contribution in [-0.4, -0.2) is 11.5 Å². The highest BCUT2D eigenvalue weighted by Gasteiger charge is 2.06. The molecule has 20 heavy (non-hydrogen) atoms. The van der Waals surface area contributed by atoms with Crippen LogP contribution in [0.1, 0.15) is 31.9 Å². The van der Waals surface area contributed by atoms with Crippen molar-refractivity contribution in [3.8, 4) is 11.6 Å². The lowest BCUT2D eigenvalue weighted by molar-refractivity contribution is 0.458. The number of benzene rings is 1. The molecule has 0 fully saturated rings. The van der Waals surface area contributed by atoms with E-state index in [1.165, 1.54) is 0 Å². The van der Waals surface area contributed by atoms with Gasteiger partial charge in [-0.1, -0.05) is 25.1 Å². The van der Waals surface area contributed by atoms with Crippen LogP contribution in [0.25, 0.3) is 0 Å². The van der Waals surface area contributed by atoms with Crippen molar-refractivity contribution >= 4 is 15.9 Å². The van der Waals surface area contributed by atoms with Gasteiger partial charge in [0.2, 0.25) is 5.88 Å². The van der Waals surface area contributed by atoms with E-state index in [9.17, 15) is 0 Å². The van der Waals surface area contributed by atoms with E-state index in [1.54, 1.807) is 0 Å². The normalized spacial score (nSPS) is 12.2. The minimum absolute atomic E-state index is 0.306. The average Bonchev–Trinajstić information content (AvgIpc) is 2.48. The summed E-state index contributed by atoms with van der Waals surface area (Å²) in [5, 5.41) is 3.44. The Balaban J connectivity index is 2.03. The lowest BCUT2D eigenvalue weighted by Crippen LogP contribution is -2.19. The van der Waals surface area contributed by atoms with Gasteiger partial charge in [0.1, 0.15) is 5.75 Å². The van der Waals surface area contributed by atoms with E-state index < -0.39 is 0 Å². The second-order valence-electron chi connectivity index (χ2n) is 4.64. The molecular weight excluding hydrogens is 316 g/mol. The van der Waals surface area contributed by atoms with Gasteiger partial charge in [-0.2, -0.15) is 0 Å². The molecule has 1 aromatic carbocycles. The van der Waals surface area contributed by atoms with E-state index >= 15 is 0 Å². The highest BCUT2D eigenvalue weighted by Crippen LogP contribution is 2.28. The number of aromatic nitrogens is 1. The summed E-state index contributed by atoms with van der Waals surface area (Å²) in [7, 11) is 0. The fourth-order valence-electron chi connectivity index (χ4n) is 1.83. The van der Waals surface area contributed by atoms with Crippen LogP contribution in [0, 0.1) is 0 Å². The van der Waals surface area contributed by atoms with Crippen LogP contribution in [0.5, 0.6) is 11.6 Å². The molecular formula is C16H19BrN2O. The molecule has 1 N–H and O–H groups in total. The van der Waals surface area contributed by atoms with Gasteiger partial charge in [0, 0.05) is 18.3 Å². The minimum atomic E-state index is 0.306. The first-order valence-corrected chi connectivity index (χ1v) is 7.61. The van der Waals surface area contributed by atoms with Gasteiger partial charge in [-0.25, -0.2) is 4.98 Å². The van der Waals surface area contributed by atoms with E-state index in [1.807, 2.05) is 42.6 Å². The Hall–Kier alpha value is -1.39. The number of ether oxygens (including phenoxy) is 1. The molecule has 1 aromatic heterocycles. The first-order chi connectivity index (χ1) is 9.70. The van der Waals surface area contributed by atoms with Crippen molar-refractivity contribution in [2.75, 3.05) is 6.54 Å². The average molecular weight is 335 g/mol. The molecule has 1 unspecified atom stereocenters. The molecule has 3 nitrogen and oxygen atoms in total. The summed E-state index contributed by atoms with van der Waals surface area (Å²) in [6.07, 6.45) is 2.99. The van der Waals surface area contributed by atoms with E-state index in [4.69, 9.17) is 4.74 Å². The van der Waals surface area contributed by atoms with Gasteiger partial charge in [0.05, 0.1) is 4.47 Å². The summed E-state index contributed by atoms with van der Waals surface area (Å²) in [5.74, 6) is 1.37. The second-order valence-corrected chi connectivity index (χ2v) is 5.49. The third-order valence-corrected chi connectivity index (χ3v) is 3.67. The number of para-hydroxylation sites is 1. The number of halogens is 1. The SMILES string of the molecule is CCCNC(C)c1ccc(Oc2ccccc2Br)nc1. The van der Waals surface area contributed by atoms with E-state index in [0.29, 0.717) is 11.9 Å². The summed E-state index contributed by atoms with van der Waals surface area (Å²) in [4.78, 5) is 4.36. The number of nitrogens with one attached hydrogen (secondary N) is 1. The van der Waals surface area contributed by atoms with Crippen LogP contribution in [0.3, 0.4) is 0 Å². The Morgan fingerprint density at radius 3 is 2.70 bits per heavy atom. The minimum Gasteiger partial charge on any atom is -0.438 e. The van der Waals surface area contributed by atoms with Crippen LogP contribution in [0.4, 0.5) is 0 Å². The highest BCUT2D eigenvalue weighted by atomic mass is 79.9. The number of rotatable bonds is 6. The molecule has 0 aliphatic rings. The largest absolute Gasteiger partial charge is 0.438 e. The van der Waals surface area contributed by atoms with Gasteiger partial charge in [0.15, 0.2) is 0 Å². The van der Waals surface area contributed by atoms with Crippen molar-refractivity contribution < 1.29 is 4.74 Å². The predicted octanol–water partition coefficient (Wildman–Crippen LogP) is 4.70. The first kappa shape index (κ1) is 15.0. The predicted molar refractivity (Wildman–Crippen MR) is 85.2 cm³/mol.